The van der Waals surface area contributed by atoms with Crippen molar-refractivity contribution in [1.29, 1.82) is 0 Å². The van der Waals surface area contributed by atoms with Crippen LogP contribution in [-0.4, -0.2) is 18.3 Å². The molecule has 1 fully saturated rings. The molecule has 0 amide bonds. The Hall–Kier alpha value is -1.35. The van der Waals surface area contributed by atoms with Gasteiger partial charge in [0.25, 0.3) is 0 Å². The van der Waals surface area contributed by atoms with Gasteiger partial charge in [-0.1, -0.05) is 18.2 Å². The van der Waals surface area contributed by atoms with Gasteiger partial charge in [0.05, 0.1) is 13.2 Å². The zero-order valence-corrected chi connectivity index (χ0v) is 7.77. The van der Waals surface area contributed by atoms with E-state index in [1.807, 2.05) is 0 Å². The predicted molar refractivity (Wildman–Crippen MR) is 52.4 cm³/mol. The molecule has 2 rings (SSSR count). The number of rotatable bonds is 2. The van der Waals surface area contributed by atoms with Gasteiger partial charge in [-0.25, -0.2) is 0 Å². The second-order valence-electron chi connectivity index (χ2n) is 3.56. The van der Waals surface area contributed by atoms with Gasteiger partial charge in [0.1, 0.15) is 0 Å². The van der Waals surface area contributed by atoms with E-state index >= 15 is 0 Å². The third-order valence-electron chi connectivity index (χ3n) is 2.41. The molecule has 0 radical (unpaired) electrons. The van der Waals surface area contributed by atoms with Crippen LogP contribution in [0, 0.1) is 5.92 Å². The Labute approximate surface area is 82.0 Å². The third-order valence-corrected chi connectivity index (χ3v) is 2.41. The molecule has 1 aliphatic heterocycles. The summed E-state index contributed by atoms with van der Waals surface area (Å²) in [7, 11) is 0. The minimum atomic E-state index is -0.315. The Balaban J connectivity index is 2.28. The maximum atomic E-state index is 11.2. The summed E-state index contributed by atoms with van der Waals surface area (Å²) in [5.41, 5.74) is 0.401. The second kappa shape index (κ2) is 3.80. The van der Waals surface area contributed by atoms with Crippen LogP contribution in [0.2, 0.25) is 0 Å². The molecule has 0 aliphatic carbocycles. The fourth-order valence-electron chi connectivity index (χ4n) is 1.51. The minimum absolute atomic E-state index is 0.123. The lowest BCUT2D eigenvalue weighted by molar-refractivity contribution is -0.0314. The topological polar surface area (TPSA) is 46.5 Å². The quantitative estimate of drug-likeness (QED) is 0.758. The molecule has 1 aliphatic rings. The van der Waals surface area contributed by atoms with E-state index in [1.54, 1.807) is 18.2 Å². The van der Waals surface area contributed by atoms with E-state index < -0.39 is 0 Å². The Morgan fingerprint density at radius 2 is 2.07 bits per heavy atom. The van der Waals surface area contributed by atoms with Crippen molar-refractivity contribution >= 4 is 0 Å². The van der Waals surface area contributed by atoms with Gasteiger partial charge in [0, 0.05) is 5.92 Å². The van der Waals surface area contributed by atoms with Gasteiger partial charge in [0.2, 0.25) is 5.43 Å². The van der Waals surface area contributed by atoms with E-state index in [2.05, 4.69) is 0 Å². The first kappa shape index (κ1) is 9.21. The van der Waals surface area contributed by atoms with Gasteiger partial charge in [-0.3, -0.25) is 4.79 Å². The van der Waals surface area contributed by atoms with Crippen molar-refractivity contribution in [2.24, 2.45) is 5.92 Å². The number of aromatic hydroxyl groups is 1. The van der Waals surface area contributed by atoms with Gasteiger partial charge in [-0.15, -0.1) is 0 Å². The summed E-state index contributed by atoms with van der Waals surface area (Å²) in [6, 6.07) is 6.57. The summed E-state index contributed by atoms with van der Waals surface area (Å²) in [6.45, 7) is 1.46. The van der Waals surface area contributed by atoms with Crippen molar-refractivity contribution < 1.29 is 9.84 Å². The van der Waals surface area contributed by atoms with Crippen LogP contribution in [0.5, 0.6) is 5.75 Å². The molecular formula is C11H12O3. The Bertz CT molecular complexity index is 383. The van der Waals surface area contributed by atoms with Gasteiger partial charge < -0.3 is 9.84 Å². The zero-order chi connectivity index (χ0) is 9.97. The molecular weight excluding hydrogens is 180 g/mol. The maximum Gasteiger partial charge on any atom is 0.220 e. The fraction of sp³-hybridized carbons (Fsp3) is 0.364. The summed E-state index contributed by atoms with van der Waals surface area (Å²) < 4.78 is 5.04. The highest BCUT2D eigenvalue weighted by atomic mass is 16.5. The molecule has 1 N–H and O–H groups in total. The average molecular weight is 192 g/mol. The molecule has 0 aromatic heterocycles. The van der Waals surface area contributed by atoms with E-state index in [0.717, 1.165) is 19.6 Å². The van der Waals surface area contributed by atoms with Crippen LogP contribution in [0.15, 0.2) is 29.1 Å². The molecule has 1 saturated heterocycles. The molecule has 74 valence electrons. The van der Waals surface area contributed by atoms with Crippen LogP contribution in [0.4, 0.5) is 0 Å². The summed E-state index contributed by atoms with van der Waals surface area (Å²) in [6.07, 6.45) is 0.718. The molecule has 1 aromatic rings. The summed E-state index contributed by atoms with van der Waals surface area (Å²) >= 11 is 0. The van der Waals surface area contributed by atoms with Crippen molar-refractivity contribution in [3.8, 4) is 5.75 Å². The lowest BCUT2D eigenvalue weighted by atomic mass is 9.98. The van der Waals surface area contributed by atoms with E-state index in [0.29, 0.717) is 11.5 Å². The first-order valence-electron chi connectivity index (χ1n) is 4.66. The van der Waals surface area contributed by atoms with E-state index in [1.165, 1.54) is 6.07 Å². The molecule has 0 spiro atoms. The lowest BCUT2D eigenvalue weighted by Gasteiger charge is -2.25. The van der Waals surface area contributed by atoms with Crippen molar-refractivity contribution in [3.63, 3.8) is 0 Å². The second-order valence-corrected chi connectivity index (χ2v) is 3.56. The highest BCUT2D eigenvalue weighted by Gasteiger charge is 2.20. The van der Waals surface area contributed by atoms with Crippen LogP contribution in [0.3, 0.4) is 0 Å². The van der Waals surface area contributed by atoms with Gasteiger partial charge in [0.15, 0.2) is 5.75 Å². The maximum absolute atomic E-state index is 11.2. The highest BCUT2D eigenvalue weighted by Crippen LogP contribution is 2.20. The van der Waals surface area contributed by atoms with Gasteiger partial charge >= 0.3 is 0 Å². The van der Waals surface area contributed by atoms with Crippen molar-refractivity contribution in [2.45, 2.75) is 6.42 Å². The molecule has 14 heavy (non-hydrogen) atoms. The molecule has 0 bridgehead atoms. The van der Waals surface area contributed by atoms with Crippen LogP contribution in [0.25, 0.3) is 0 Å². The van der Waals surface area contributed by atoms with Crippen LogP contribution >= 0.6 is 0 Å². The van der Waals surface area contributed by atoms with Crippen molar-refractivity contribution in [1.82, 2.24) is 0 Å². The lowest BCUT2D eigenvalue weighted by Crippen LogP contribution is -2.29. The largest absolute Gasteiger partial charge is 0.504 e. The molecule has 3 heteroatoms. The van der Waals surface area contributed by atoms with E-state index in [-0.39, 0.29) is 11.2 Å². The summed E-state index contributed by atoms with van der Waals surface area (Å²) in [4.78, 5) is 11.2. The zero-order valence-electron chi connectivity index (χ0n) is 7.77. The molecule has 1 heterocycles. The number of hydrogen-bond acceptors (Lipinski definition) is 3. The van der Waals surface area contributed by atoms with Crippen molar-refractivity contribution in [3.05, 3.63) is 40.1 Å². The summed E-state index contributed by atoms with van der Waals surface area (Å²) in [5, 5.41) is 9.57. The summed E-state index contributed by atoms with van der Waals surface area (Å²) in [5.74, 6) is 0.324. The third kappa shape index (κ3) is 1.77. The number of ether oxygens (including phenoxy) is 1. The molecule has 0 atom stereocenters. The average Bonchev–Trinajstić information content (AvgIpc) is 2.25. The minimum Gasteiger partial charge on any atom is -0.504 e. The molecule has 0 unspecified atom stereocenters. The smallest absolute Gasteiger partial charge is 0.220 e. The number of hydrogen-bond donors (Lipinski definition) is 1. The van der Waals surface area contributed by atoms with Gasteiger partial charge in [-0.2, -0.15) is 0 Å². The van der Waals surface area contributed by atoms with Gasteiger partial charge in [-0.05, 0) is 18.1 Å². The Morgan fingerprint density at radius 3 is 2.71 bits per heavy atom. The van der Waals surface area contributed by atoms with E-state index in [9.17, 15) is 9.90 Å². The van der Waals surface area contributed by atoms with Crippen LogP contribution in [-0.2, 0) is 11.2 Å². The first-order chi connectivity index (χ1) is 6.77. The SMILES string of the molecule is O=c1ccccc(CC2COC2)c1O. The monoisotopic (exact) mass is 192 g/mol. The normalized spacial score (nSPS) is 16.3. The van der Waals surface area contributed by atoms with E-state index in [4.69, 9.17) is 4.74 Å². The van der Waals surface area contributed by atoms with Crippen LogP contribution in [0.1, 0.15) is 5.56 Å². The molecule has 1 aromatic carbocycles. The molecule has 3 nitrogen and oxygen atoms in total. The molecule has 0 saturated carbocycles. The standard InChI is InChI=1S/C11H12O3/c12-10-4-2-1-3-9(11(10)13)5-8-6-14-7-8/h1-4,8H,5-7H2,(H,12,13). The predicted octanol–water partition coefficient (Wildman–Crippen LogP) is 0.941. The first-order valence-corrected chi connectivity index (χ1v) is 4.66. The van der Waals surface area contributed by atoms with Crippen molar-refractivity contribution in [2.75, 3.05) is 13.2 Å². The Kier molecular flexibility index (Phi) is 2.50. The van der Waals surface area contributed by atoms with Crippen LogP contribution < -0.4 is 5.43 Å². The highest BCUT2D eigenvalue weighted by molar-refractivity contribution is 5.31. The Morgan fingerprint density at radius 1 is 1.36 bits per heavy atom. The fourth-order valence-corrected chi connectivity index (χ4v) is 1.51.